The number of likely N-dealkylation sites (N-methyl/N-ethyl adjacent to an activating group) is 1. The molecule has 6 heteroatoms. The molecule has 1 aromatic rings. The molecule has 3 N–H and O–H groups in total. The van der Waals surface area contributed by atoms with E-state index in [1.807, 2.05) is 24.3 Å². The third kappa shape index (κ3) is 5.46. The number of nitrogens with zero attached hydrogens (tertiary/aromatic N) is 1. The summed E-state index contributed by atoms with van der Waals surface area (Å²) in [6, 6.07) is 7.54. The van der Waals surface area contributed by atoms with Gasteiger partial charge < -0.3 is 14.5 Å². The van der Waals surface area contributed by atoms with Crippen molar-refractivity contribution >= 4 is 12.1 Å². The second-order valence-corrected chi connectivity index (χ2v) is 5.78. The zero-order chi connectivity index (χ0) is 15.8. The average molecular weight is 306 g/mol. The fraction of sp³-hybridized carbons (Fsp3) is 0.500. The Labute approximate surface area is 131 Å². The molecule has 6 nitrogen and oxygen atoms in total. The number of hydrazone groups is 1. The standard InChI is InChI=1S/C16H24N4O2/c1-19-8-10-20(11-9-19)7-6-16(21)18-17-13-14-4-3-5-15(12-14)22-2/h3-5,12-13H,6-11H2,1-2H3,(H,18,21)/p+2/b17-13-. The van der Waals surface area contributed by atoms with Gasteiger partial charge in [-0.25, -0.2) is 5.43 Å². The lowest BCUT2D eigenvalue weighted by atomic mass is 10.2. The molecular weight excluding hydrogens is 280 g/mol. The average Bonchev–Trinajstić information content (AvgIpc) is 2.54. The predicted octanol–water partition coefficient (Wildman–Crippen LogP) is -2.05. The zero-order valence-electron chi connectivity index (χ0n) is 13.4. The molecule has 0 aromatic heterocycles. The van der Waals surface area contributed by atoms with Gasteiger partial charge in [-0.1, -0.05) is 12.1 Å². The third-order valence-electron chi connectivity index (χ3n) is 4.01. The van der Waals surface area contributed by atoms with Gasteiger partial charge >= 0.3 is 0 Å². The van der Waals surface area contributed by atoms with Crippen molar-refractivity contribution in [3.63, 3.8) is 0 Å². The van der Waals surface area contributed by atoms with Crippen LogP contribution in [-0.2, 0) is 4.79 Å². The summed E-state index contributed by atoms with van der Waals surface area (Å²) < 4.78 is 5.14. The number of rotatable bonds is 6. The van der Waals surface area contributed by atoms with Crippen LogP contribution < -0.4 is 20.0 Å². The van der Waals surface area contributed by atoms with Gasteiger partial charge in [0.15, 0.2) is 0 Å². The topological polar surface area (TPSA) is 59.6 Å². The molecular formula is C16H26N4O2+2. The van der Waals surface area contributed by atoms with E-state index in [1.54, 1.807) is 18.2 Å². The highest BCUT2D eigenvalue weighted by Crippen LogP contribution is 2.10. The van der Waals surface area contributed by atoms with E-state index >= 15 is 0 Å². The van der Waals surface area contributed by atoms with Gasteiger partial charge in [0.2, 0.25) is 5.91 Å². The SMILES string of the molecule is COc1cccc(/C=N\NC(=O)CC[NH+]2CC[NH+](C)CC2)c1. The molecule has 2 rings (SSSR count). The van der Waals surface area contributed by atoms with E-state index in [0.29, 0.717) is 6.42 Å². The van der Waals surface area contributed by atoms with E-state index in [2.05, 4.69) is 17.6 Å². The van der Waals surface area contributed by atoms with Gasteiger partial charge in [-0.2, -0.15) is 5.10 Å². The van der Waals surface area contributed by atoms with Gasteiger partial charge in [-0.15, -0.1) is 0 Å². The number of hydrogen-bond acceptors (Lipinski definition) is 3. The first-order valence-electron chi connectivity index (χ1n) is 7.78. The molecule has 120 valence electrons. The van der Waals surface area contributed by atoms with Gasteiger partial charge in [-0.3, -0.25) is 4.79 Å². The fourth-order valence-corrected chi connectivity index (χ4v) is 2.53. The maximum absolute atomic E-state index is 11.8. The van der Waals surface area contributed by atoms with Crippen molar-refractivity contribution < 1.29 is 19.3 Å². The number of methoxy groups -OCH3 is 1. The molecule has 0 bridgehead atoms. The van der Waals surface area contributed by atoms with Crippen LogP contribution in [0, 0.1) is 0 Å². The van der Waals surface area contributed by atoms with Crippen molar-refractivity contribution in [2.45, 2.75) is 6.42 Å². The normalized spacial score (nSPS) is 21.7. The first-order chi connectivity index (χ1) is 10.7. The minimum atomic E-state index is -0.0297. The summed E-state index contributed by atoms with van der Waals surface area (Å²) in [5.74, 6) is 0.744. The summed E-state index contributed by atoms with van der Waals surface area (Å²) in [7, 11) is 3.84. The molecule has 0 spiro atoms. The number of piperazine rings is 1. The second kappa shape index (κ2) is 8.51. The fourth-order valence-electron chi connectivity index (χ4n) is 2.53. The number of amides is 1. The molecule has 22 heavy (non-hydrogen) atoms. The van der Waals surface area contributed by atoms with Crippen molar-refractivity contribution in [3.8, 4) is 5.75 Å². The molecule has 0 radical (unpaired) electrons. The van der Waals surface area contributed by atoms with Crippen LogP contribution in [0.5, 0.6) is 5.75 Å². The van der Waals surface area contributed by atoms with E-state index in [-0.39, 0.29) is 5.91 Å². The van der Waals surface area contributed by atoms with Crippen LogP contribution >= 0.6 is 0 Å². The molecule has 1 aliphatic heterocycles. The van der Waals surface area contributed by atoms with Crippen molar-refractivity contribution in [1.29, 1.82) is 0 Å². The number of carbonyl (C=O) groups excluding carboxylic acids is 1. The molecule has 0 saturated carbocycles. The zero-order valence-corrected chi connectivity index (χ0v) is 13.4. The minimum absolute atomic E-state index is 0.0297. The Kier molecular flexibility index (Phi) is 6.36. The lowest BCUT2D eigenvalue weighted by molar-refractivity contribution is -1.00. The summed E-state index contributed by atoms with van der Waals surface area (Å²) in [4.78, 5) is 14.9. The molecule has 0 aliphatic carbocycles. The predicted molar refractivity (Wildman–Crippen MR) is 85.5 cm³/mol. The molecule has 0 unspecified atom stereocenters. The Morgan fingerprint density at radius 3 is 2.86 bits per heavy atom. The van der Waals surface area contributed by atoms with Gasteiger partial charge in [0, 0.05) is 0 Å². The van der Waals surface area contributed by atoms with Crippen molar-refractivity contribution in [1.82, 2.24) is 5.43 Å². The Hall–Kier alpha value is -1.92. The van der Waals surface area contributed by atoms with Crippen molar-refractivity contribution in [2.24, 2.45) is 5.10 Å². The molecule has 1 saturated heterocycles. The van der Waals surface area contributed by atoms with Gasteiger partial charge in [0.1, 0.15) is 31.9 Å². The molecule has 1 aromatic carbocycles. The molecule has 1 aliphatic rings. The summed E-state index contributed by atoms with van der Waals surface area (Å²) in [6.07, 6.45) is 2.15. The largest absolute Gasteiger partial charge is 0.497 e. The number of ether oxygens (including phenoxy) is 1. The van der Waals surface area contributed by atoms with Crippen LogP contribution in [0.2, 0.25) is 0 Å². The second-order valence-electron chi connectivity index (χ2n) is 5.78. The lowest BCUT2D eigenvalue weighted by Crippen LogP contribution is -3.27. The summed E-state index contributed by atoms with van der Waals surface area (Å²) >= 11 is 0. The van der Waals surface area contributed by atoms with Crippen molar-refractivity contribution in [2.75, 3.05) is 46.9 Å². The summed E-state index contributed by atoms with van der Waals surface area (Å²) in [5.41, 5.74) is 3.48. The van der Waals surface area contributed by atoms with E-state index in [4.69, 9.17) is 4.74 Å². The first-order valence-corrected chi connectivity index (χ1v) is 7.78. The quantitative estimate of drug-likeness (QED) is 0.418. The number of quaternary nitrogens is 2. The third-order valence-corrected chi connectivity index (χ3v) is 4.01. The van der Waals surface area contributed by atoms with Crippen LogP contribution in [0.4, 0.5) is 0 Å². The highest BCUT2D eigenvalue weighted by atomic mass is 16.5. The van der Waals surface area contributed by atoms with Crippen molar-refractivity contribution in [3.05, 3.63) is 29.8 Å². The number of hydrogen-bond donors (Lipinski definition) is 3. The van der Waals surface area contributed by atoms with E-state index < -0.39 is 0 Å². The monoisotopic (exact) mass is 306 g/mol. The Morgan fingerprint density at radius 2 is 2.14 bits per heavy atom. The first kappa shape index (κ1) is 16.5. The van der Waals surface area contributed by atoms with Crippen LogP contribution in [0.25, 0.3) is 0 Å². The summed E-state index contributed by atoms with van der Waals surface area (Å²) in [6.45, 7) is 5.54. The highest BCUT2D eigenvalue weighted by Gasteiger charge is 2.20. The smallest absolute Gasteiger partial charge is 0.245 e. The Balaban J connectivity index is 1.69. The Bertz CT molecular complexity index is 511. The Morgan fingerprint density at radius 1 is 1.36 bits per heavy atom. The molecule has 1 fully saturated rings. The van der Waals surface area contributed by atoms with Crippen LogP contribution in [0.15, 0.2) is 29.4 Å². The number of nitrogens with one attached hydrogen (secondary N) is 3. The lowest BCUT2D eigenvalue weighted by Gasteiger charge is -2.26. The number of benzene rings is 1. The minimum Gasteiger partial charge on any atom is -0.497 e. The van der Waals surface area contributed by atoms with E-state index in [0.717, 1.165) is 30.9 Å². The molecule has 1 heterocycles. The maximum atomic E-state index is 11.8. The molecule has 1 amide bonds. The summed E-state index contributed by atoms with van der Waals surface area (Å²) in [5, 5.41) is 4.00. The number of carbonyl (C=O) groups is 1. The maximum Gasteiger partial charge on any atom is 0.245 e. The highest BCUT2D eigenvalue weighted by molar-refractivity contribution is 5.82. The van der Waals surface area contributed by atoms with E-state index in [9.17, 15) is 4.79 Å². The van der Waals surface area contributed by atoms with Gasteiger partial charge in [0.25, 0.3) is 0 Å². The van der Waals surface area contributed by atoms with Crippen LogP contribution in [0.3, 0.4) is 0 Å². The van der Waals surface area contributed by atoms with Gasteiger partial charge in [0.05, 0.1) is 33.3 Å². The van der Waals surface area contributed by atoms with Crippen LogP contribution in [-0.4, -0.2) is 59.0 Å². The van der Waals surface area contributed by atoms with Gasteiger partial charge in [-0.05, 0) is 17.7 Å². The van der Waals surface area contributed by atoms with E-state index in [1.165, 1.54) is 18.0 Å². The van der Waals surface area contributed by atoms with Crippen LogP contribution in [0.1, 0.15) is 12.0 Å². The molecule has 0 atom stereocenters.